The molecule has 1 amide bonds. The van der Waals surface area contributed by atoms with Crippen LogP contribution in [-0.2, 0) is 0 Å². The van der Waals surface area contributed by atoms with Gasteiger partial charge in [-0.15, -0.1) is 0 Å². The van der Waals surface area contributed by atoms with Gasteiger partial charge in [0.25, 0.3) is 5.91 Å². The van der Waals surface area contributed by atoms with Crippen molar-refractivity contribution in [3.8, 4) is 0 Å². The Morgan fingerprint density at radius 1 is 1.14 bits per heavy atom. The first-order valence-electron chi connectivity index (χ1n) is 7.45. The summed E-state index contributed by atoms with van der Waals surface area (Å²) in [5.74, 6) is -2.07. The predicted octanol–water partition coefficient (Wildman–Crippen LogP) is 3.92. The zero-order valence-electron chi connectivity index (χ0n) is 12.1. The molecule has 116 valence electrons. The van der Waals surface area contributed by atoms with Crippen molar-refractivity contribution in [1.82, 2.24) is 9.78 Å². The molecule has 1 saturated carbocycles. The van der Waals surface area contributed by atoms with Crippen molar-refractivity contribution >= 4 is 11.7 Å². The Morgan fingerprint density at radius 3 is 2.50 bits per heavy atom. The number of halogens is 2. The molecule has 1 aromatic heterocycles. The molecule has 0 spiro atoms. The average Bonchev–Trinajstić information content (AvgIpc) is 2.96. The number of nitrogens with one attached hydrogen (secondary N) is 1. The normalized spacial score (nSPS) is 15.7. The highest BCUT2D eigenvalue weighted by Gasteiger charge is 2.22. The van der Waals surface area contributed by atoms with Crippen molar-refractivity contribution in [3.63, 3.8) is 0 Å². The lowest BCUT2D eigenvalue weighted by atomic mass is 9.96. The Balaban J connectivity index is 1.82. The molecular weight excluding hydrogens is 288 g/mol. The maximum absolute atomic E-state index is 13.7. The quantitative estimate of drug-likeness (QED) is 0.934. The van der Waals surface area contributed by atoms with E-state index in [2.05, 4.69) is 10.4 Å². The lowest BCUT2D eigenvalue weighted by Crippen LogP contribution is -2.21. The van der Waals surface area contributed by atoms with Crippen LogP contribution in [0, 0.1) is 11.6 Å². The fourth-order valence-electron chi connectivity index (χ4n) is 2.92. The fraction of sp³-hybridized carbons (Fsp3) is 0.375. The van der Waals surface area contributed by atoms with Crippen LogP contribution in [0.15, 0.2) is 30.5 Å². The van der Waals surface area contributed by atoms with E-state index in [4.69, 9.17) is 0 Å². The molecule has 3 rings (SSSR count). The summed E-state index contributed by atoms with van der Waals surface area (Å²) in [6.45, 7) is 0. The molecule has 0 unspecified atom stereocenters. The van der Waals surface area contributed by atoms with E-state index >= 15 is 0 Å². The summed E-state index contributed by atoms with van der Waals surface area (Å²) in [5.41, 5.74) is -0.570. The molecule has 4 nitrogen and oxygen atoms in total. The summed E-state index contributed by atoms with van der Waals surface area (Å²) < 4.78 is 29.1. The fourth-order valence-corrected chi connectivity index (χ4v) is 2.92. The SMILES string of the molecule is O=C(Nc1ccnn1C1CCCCC1)c1c(F)cccc1F. The van der Waals surface area contributed by atoms with Gasteiger partial charge in [-0.1, -0.05) is 25.3 Å². The summed E-state index contributed by atoms with van der Waals surface area (Å²) in [5, 5.41) is 6.81. The Labute approximate surface area is 127 Å². The number of amides is 1. The van der Waals surface area contributed by atoms with Gasteiger partial charge in [0.15, 0.2) is 0 Å². The summed E-state index contributed by atoms with van der Waals surface area (Å²) in [7, 11) is 0. The number of rotatable bonds is 3. The molecule has 1 aliphatic carbocycles. The molecule has 1 aliphatic rings. The molecule has 0 atom stereocenters. The molecule has 1 heterocycles. The van der Waals surface area contributed by atoms with Gasteiger partial charge in [-0.25, -0.2) is 13.5 Å². The molecule has 1 N–H and O–H groups in total. The van der Waals surface area contributed by atoms with E-state index in [0.29, 0.717) is 5.82 Å². The third kappa shape index (κ3) is 2.86. The van der Waals surface area contributed by atoms with Crippen molar-refractivity contribution in [2.45, 2.75) is 38.1 Å². The number of hydrogen-bond acceptors (Lipinski definition) is 2. The summed E-state index contributed by atoms with van der Waals surface area (Å²) in [6, 6.07) is 5.23. The van der Waals surface area contributed by atoms with Gasteiger partial charge < -0.3 is 5.32 Å². The highest BCUT2D eigenvalue weighted by atomic mass is 19.1. The molecule has 6 heteroatoms. The van der Waals surface area contributed by atoms with Gasteiger partial charge in [0.1, 0.15) is 23.0 Å². The van der Waals surface area contributed by atoms with Gasteiger partial charge in [-0.3, -0.25) is 4.79 Å². The highest BCUT2D eigenvalue weighted by Crippen LogP contribution is 2.30. The average molecular weight is 305 g/mol. The molecule has 0 aliphatic heterocycles. The summed E-state index contributed by atoms with van der Waals surface area (Å²) in [6.07, 6.45) is 7.04. The van der Waals surface area contributed by atoms with Crippen LogP contribution in [0.3, 0.4) is 0 Å². The second-order valence-corrected chi connectivity index (χ2v) is 5.50. The molecule has 0 radical (unpaired) electrons. The minimum atomic E-state index is -0.874. The maximum atomic E-state index is 13.7. The highest BCUT2D eigenvalue weighted by molar-refractivity contribution is 6.04. The Bertz CT molecular complexity index is 658. The minimum absolute atomic E-state index is 0.226. The predicted molar refractivity (Wildman–Crippen MR) is 78.7 cm³/mol. The summed E-state index contributed by atoms with van der Waals surface area (Å²) >= 11 is 0. The van der Waals surface area contributed by atoms with Gasteiger partial charge >= 0.3 is 0 Å². The van der Waals surface area contributed by atoms with Crippen LogP contribution < -0.4 is 5.32 Å². The van der Waals surface area contributed by atoms with Crippen LogP contribution in [0.4, 0.5) is 14.6 Å². The number of carbonyl (C=O) groups is 1. The van der Waals surface area contributed by atoms with Crippen LogP contribution >= 0.6 is 0 Å². The number of anilines is 1. The lowest BCUT2D eigenvalue weighted by Gasteiger charge is -2.23. The van der Waals surface area contributed by atoms with Gasteiger partial charge in [0.2, 0.25) is 0 Å². The van der Waals surface area contributed by atoms with Crippen LogP contribution in [0.5, 0.6) is 0 Å². The number of aromatic nitrogens is 2. The van der Waals surface area contributed by atoms with Crippen molar-refractivity contribution in [2.24, 2.45) is 0 Å². The first kappa shape index (κ1) is 14.7. The van der Waals surface area contributed by atoms with E-state index in [9.17, 15) is 13.6 Å². The van der Waals surface area contributed by atoms with Crippen LogP contribution in [0.2, 0.25) is 0 Å². The van der Waals surface area contributed by atoms with E-state index in [1.807, 2.05) is 0 Å². The van der Waals surface area contributed by atoms with E-state index in [0.717, 1.165) is 37.8 Å². The van der Waals surface area contributed by atoms with Crippen LogP contribution in [0.1, 0.15) is 48.5 Å². The first-order chi connectivity index (χ1) is 10.7. The number of nitrogens with zero attached hydrogens (tertiary/aromatic N) is 2. The zero-order valence-corrected chi connectivity index (χ0v) is 12.1. The van der Waals surface area contributed by atoms with Crippen LogP contribution in [-0.4, -0.2) is 15.7 Å². The smallest absolute Gasteiger partial charge is 0.262 e. The second kappa shape index (κ2) is 6.25. The Morgan fingerprint density at radius 2 is 1.82 bits per heavy atom. The van der Waals surface area contributed by atoms with Crippen molar-refractivity contribution in [2.75, 3.05) is 5.32 Å². The molecule has 1 fully saturated rings. The Kier molecular flexibility index (Phi) is 4.18. The van der Waals surface area contributed by atoms with E-state index < -0.39 is 23.1 Å². The molecular formula is C16H17F2N3O. The molecule has 1 aromatic carbocycles. The van der Waals surface area contributed by atoms with Gasteiger partial charge in [0, 0.05) is 6.07 Å². The topological polar surface area (TPSA) is 46.9 Å². The van der Waals surface area contributed by atoms with Gasteiger partial charge in [-0.2, -0.15) is 5.10 Å². The van der Waals surface area contributed by atoms with Gasteiger partial charge in [-0.05, 0) is 25.0 Å². The number of benzene rings is 1. The van der Waals surface area contributed by atoms with E-state index in [-0.39, 0.29) is 6.04 Å². The molecule has 0 saturated heterocycles. The molecule has 2 aromatic rings. The van der Waals surface area contributed by atoms with E-state index in [1.54, 1.807) is 16.9 Å². The van der Waals surface area contributed by atoms with Crippen molar-refractivity contribution in [3.05, 3.63) is 47.7 Å². The third-order valence-electron chi connectivity index (χ3n) is 4.02. The van der Waals surface area contributed by atoms with E-state index in [1.165, 1.54) is 12.5 Å². The monoisotopic (exact) mass is 305 g/mol. The standard InChI is InChI=1S/C16H17F2N3O/c17-12-7-4-8-13(18)15(12)16(22)20-14-9-10-19-21(14)11-5-2-1-3-6-11/h4,7-11H,1-3,5-6H2,(H,20,22). The first-order valence-corrected chi connectivity index (χ1v) is 7.45. The Hall–Kier alpha value is -2.24. The minimum Gasteiger partial charge on any atom is -0.307 e. The van der Waals surface area contributed by atoms with Gasteiger partial charge in [0.05, 0.1) is 12.2 Å². The van der Waals surface area contributed by atoms with Crippen LogP contribution in [0.25, 0.3) is 0 Å². The molecule has 0 bridgehead atoms. The summed E-state index contributed by atoms with van der Waals surface area (Å²) in [4.78, 5) is 12.2. The van der Waals surface area contributed by atoms with Crippen molar-refractivity contribution in [1.29, 1.82) is 0 Å². The van der Waals surface area contributed by atoms with Crippen molar-refractivity contribution < 1.29 is 13.6 Å². The third-order valence-corrected chi connectivity index (χ3v) is 4.02. The molecule has 22 heavy (non-hydrogen) atoms. The maximum Gasteiger partial charge on any atom is 0.262 e. The number of carbonyl (C=O) groups excluding carboxylic acids is 1. The lowest BCUT2D eigenvalue weighted by molar-refractivity contribution is 0.101. The second-order valence-electron chi connectivity index (χ2n) is 5.50. The largest absolute Gasteiger partial charge is 0.307 e. The number of hydrogen-bond donors (Lipinski definition) is 1. The zero-order chi connectivity index (χ0) is 15.5.